The molecule has 2 atom stereocenters. The molecule has 7 nitrogen and oxygen atoms in total. The number of benzene rings is 1. The fraction of sp³-hybridized carbons (Fsp3) is 0.556. The van der Waals surface area contributed by atoms with Crippen LogP contribution in [0.25, 0.3) is 0 Å². The lowest BCUT2D eigenvalue weighted by molar-refractivity contribution is -0.126. The number of nitrogens with zero attached hydrogens (tertiary/aromatic N) is 1. The molecule has 2 heterocycles. The highest BCUT2D eigenvalue weighted by Gasteiger charge is 2.36. The van der Waals surface area contributed by atoms with Gasteiger partial charge in [0.25, 0.3) is 0 Å². The van der Waals surface area contributed by atoms with E-state index in [1.165, 1.54) is 0 Å². The molecule has 2 amide bonds. The summed E-state index contributed by atoms with van der Waals surface area (Å²) in [6.45, 7) is 1.99. The molecule has 2 saturated heterocycles. The van der Waals surface area contributed by atoms with Gasteiger partial charge in [0.15, 0.2) is 0 Å². The predicted molar refractivity (Wildman–Crippen MR) is 101 cm³/mol. The highest BCUT2D eigenvalue weighted by Crippen LogP contribution is 2.35. The summed E-state index contributed by atoms with van der Waals surface area (Å²) in [6.07, 6.45) is 2.45. The Balaban J connectivity index is 0.00000243. The molecular formula is C18H26ClN3O4. The third-order valence-electron chi connectivity index (χ3n) is 4.86. The van der Waals surface area contributed by atoms with Crippen molar-refractivity contribution in [2.75, 3.05) is 38.8 Å². The topological polar surface area (TPSA) is 79.9 Å². The van der Waals surface area contributed by atoms with Crippen molar-refractivity contribution in [2.24, 2.45) is 5.92 Å². The highest BCUT2D eigenvalue weighted by atomic mass is 35.5. The molecule has 2 unspecified atom stereocenters. The van der Waals surface area contributed by atoms with E-state index in [2.05, 4.69) is 10.6 Å². The minimum Gasteiger partial charge on any atom is -0.497 e. The first-order valence-electron chi connectivity index (χ1n) is 8.66. The maximum atomic E-state index is 12.4. The number of methoxy groups -OCH3 is 2. The van der Waals surface area contributed by atoms with E-state index in [0.29, 0.717) is 36.3 Å². The second-order valence-electron chi connectivity index (χ2n) is 6.48. The second kappa shape index (κ2) is 9.09. The van der Waals surface area contributed by atoms with Crippen molar-refractivity contribution in [1.29, 1.82) is 0 Å². The summed E-state index contributed by atoms with van der Waals surface area (Å²) in [4.78, 5) is 26.5. The smallest absolute Gasteiger partial charge is 0.227 e. The minimum absolute atomic E-state index is 0. The van der Waals surface area contributed by atoms with Crippen LogP contribution in [-0.4, -0.2) is 51.7 Å². The van der Waals surface area contributed by atoms with Crippen LogP contribution in [0, 0.1) is 5.92 Å². The number of ether oxygens (including phenoxy) is 2. The van der Waals surface area contributed by atoms with Gasteiger partial charge in [0, 0.05) is 31.6 Å². The molecule has 2 aliphatic rings. The van der Waals surface area contributed by atoms with E-state index >= 15 is 0 Å². The number of rotatable bonds is 6. The standard InChI is InChI=1S/C18H25N3O4.ClH/c1-24-14-5-6-15(16(9-14)25-2)21-11-12(8-17(21)22)18(23)20-10-13-4-3-7-19-13;/h5-6,9,12-13,19H,3-4,7-8,10-11H2,1-2H3,(H,20,23);1H. The Kier molecular flexibility index (Phi) is 7.11. The van der Waals surface area contributed by atoms with Gasteiger partial charge in [-0.2, -0.15) is 0 Å². The van der Waals surface area contributed by atoms with E-state index in [0.717, 1.165) is 19.4 Å². The fourth-order valence-corrected chi connectivity index (χ4v) is 3.42. The van der Waals surface area contributed by atoms with Crippen LogP contribution in [0.1, 0.15) is 19.3 Å². The first kappa shape index (κ1) is 20.3. The van der Waals surface area contributed by atoms with E-state index in [1.807, 2.05) is 0 Å². The van der Waals surface area contributed by atoms with Crippen LogP contribution in [0.3, 0.4) is 0 Å². The summed E-state index contributed by atoms with van der Waals surface area (Å²) in [5, 5.41) is 6.33. The summed E-state index contributed by atoms with van der Waals surface area (Å²) in [5.74, 6) is 0.759. The van der Waals surface area contributed by atoms with Crippen molar-refractivity contribution in [1.82, 2.24) is 10.6 Å². The van der Waals surface area contributed by atoms with Crippen LogP contribution in [-0.2, 0) is 9.59 Å². The van der Waals surface area contributed by atoms with Gasteiger partial charge >= 0.3 is 0 Å². The number of carbonyl (C=O) groups excluding carboxylic acids is 2. The van der Waals surface area contributed by atoms with E-state index in [-0.39, 0.29) is 36.6 Å². The highest BCUT2D eigenvalue weighted by molar-refractivity contribution is 6.01. The Morgan fingerprint density at radius 2 is 2.15 bits per heavy atom. The number of carbonyl (C=O) groups is 2. The predicted octanol–water partition coefficient (Wildman–Crippen LogP) is 1.35. The Labute approximate surface area is 159 Å². The molecule has 0 radical (unpaired) electrons. The van der Waals surface area contributed by atoms with Crippen molar-refractivity contribution in [3.63, 3.8) is 0 Å². The molecule has 0 aliphatic carbocycles. The lowest BCUT2D eigenvalue weighted by Gasteiger charge is -2.20. The van der Waals surface area contributed by atoms with Gasteiger partial charge in [0.05, 0.1) is 25.8 Å². The summed E-state index contributed by atoms with van der Waals surface area (Å²) < 4.78 is 10.6. The fourth-order valence-electron chi connectivity index (χ4n) is 3.42. The van der Waals surface area contributed by atoms with E-state index in [4.69, 9.17) is 9.47 Å². The quantitative estimate of drug-likeness (QED) is 0.775. The normalized spacial score (nSPS) is 22.1. The first-order chi connectivity index (χ1) is 12.1. The SMILES string of the molecule is COc1ccc(N2CC(C(=O)NCC3CCCN3)CC2=O)c(OC)c1.Cl. The molecule has 0 spiro atoms. The average molecular weight is 384 g/mol. The van der Waals surface area contributed by atoms with Crippen molar-refractivity contribution >= 4 is 29.9 Å². The third-order valence-corrected chi connectivity index (χ3v) is 4.86. The van der Waals surface area contributed by atoms with Crippen molar-refractivity contribution < 1.29 is 19.1 Å². The zero-order valence-electron chi connectivity index (χ0n) is 15.1. The molecule has 0 bridgehead atoms. The second-order valence-corrected chi connectivity index (χ2v) is 6.48. The van der Waals surface area contributed by atoms with Crippen LogP contribution in [0.5, 0.6) is 11.5 Å². The molecule has 144 valence electrons. The summed E-state index contributed by atoms with van der Waals surface area (Å²) >= 11 is 0. The first-order valence-corrected chi connectivity index (χ1v) is 8.66. The molecule has 8 heteroatoms. The zero-order chi connectivity index (χ0) is 17.8. The molecule has 2 N–H and O–H groups in total. The summed E-state index contributed by atoms with van der Waals surface area (Å²) in [7, 11) is 3.13. The van der Waals surface area contributed by atoms with Crippen LogP contribution >= 0.6 is 12.4 Å². The molecule has 2 fully saturated rings. The third kappa shape index (κ3) is 4.40. The zero-order valence-corrected chi connectivity index (χ0v) is 15.9. The molecule has 0 aromatic heterocycles. The lowest BCUT2D eigenvalue weighted by Crippen LogP contribution is -2.40. The summed E-state index contributed by atoms with van der Waals surface area (Å²) in [5.41, 5.74) is 0.668. The van der Waals surface area contributed by atoms with E-state index in [1.54, 1.807) is 37.3 Å². The molecule has 26 heavy (non-hydrogen) atoms. The number of nitrogens with one attached hydrogen (secondary N) is 2. The Hall–Kier alpha value is -1.99. The maximum absolute atomic E-state index is 12.4. The van der Waals surface area contributed by atoms with Crippen LogP contribution in [0.15, 0.2) is 18.2 Å². The van der Waals surface area contributed by atoms with Gasteiger partial charge < -0.3 is 25.0 Å². The Morgan fingerprint density at radius 1 is 1.35 bits per heavy atom. The van der Waals surface area contributed by atoms with Crippen molar-refractivity contribution in [3.05, 3.63) is 18.2 Å². The molecule has 0 saturated carbocycles. The number of hydrogen-bond acceptors (Lipinski definition) is 5. The van der Waals surface area contributed by atoms with Gasteiger partial charge in [-0.3, -0.25) is 9.59 Å². The van der Waals surface area contributed by atoms with Crippen LogP contribution < -0.4 is 25.0 Å². The van der Waals surface area contributed by atoms with Gasteiger partial charge in [-0.15, -0.1) is 12.4 Å². The lowest BCUT2D eigenvalue weighted by atomic mass is 10.1. The van der Waals surface area contributed by atoms with Gasteiger partial charge in [-0.1, -0.05) is 0 Å². The van der Waals surface area contributed by atoms with Crippen LogP contribution in [0.2, 0.25) is 0 Å². The number of hydrogen-bond donors (Lipinski definition) is 2. The number of amides is 2. The Morgan fingerprint density at radius 3 is 2.81 bits per heavy atom. The maximum Gasteiger partial charge on any atom is 0.227 e. The molecular weight excluding hydrogens is 358 g/mol. The monoisotopic (exact) mass is 383 g/mol. The van der Waals surface area contributed by atoms with Crippen LogP contribution in [0.4, 0.5) is 5.69 Å². The van der Waals surface area contributed by atoms with E-state index < -0.39 is 0 Å². The van der Waals surface area contributed by atoms with Crippen molar-refractivity contribution in [2.45, 2.75) is 25.3 Å². The minimum atomic E-state index is -0.333. The number of halogens is 1. The van der Waals surface area contributed by atoms with Gasteiger partial charge in [-0.05, 0) is 31.5 Å². The van der Waals surface area contributed by atoms with Gasteiger partial charge in [-0.25, -0.2) is 0 Å². The summed E-state index contributed by atoms with van der Waals surface area (Å²) in [6, 6.07) is 5.66. The van der Waals surface area contributed by atoms with E-state index in [9.17, 15) is 9.59 Å². The molecule has 3 rings (SSSR count). The molecule has 1 aromatic carbocycles. The van der Waals surface area contributed by atoms with Gasteiger partial charge in [0.2, 0.25) is 11.8 Å². The van der Waals surface area contributed by atoms with Gasteiger partial charge in [0.1, 0.15) is 11.5 Å². The average Bonchev–Trinajstić information content (AvgIpc) is 3.28. The Bertz CT molecular complexity index is 649. The largest absolute Gasteiger partial charge is 0.497 e. The van der Waals surface area contributed by atoms with Crippen molar-refractivity contribution in [3.8, 4) is 11.5 Å². The molecule has 2 aliphatic heterocycles. The molecule has 1 aromatic rings. The number of anilines is 1.